The van der Waals surface area contributed by atoms with Gasteiger partial charge in [0.1, 0.15) is 0 Å². The molecule has 4 aromatic rings. The van der Waals surface area contributed by atoms with E-state index in [4.69, 9.17) is 0 Å². The molecule has 0 unspecified atom stereocenters. The van der Waals surface area contributed by atoms with E-state index in [-0.39, 0.29) is 26.2 Å². The van der Waals surface area contributed by atoms with Crippen LogP contribution in [0, 0.1) is 12.2 Å². The van der Waals surface area contributed by atoms with Crippen molar-refractivity contribution in [3.8, 4) is 0 Å². The largest absolute Gasteiger partial charge is 2.00 e. The molecule has 0 atom stereocenters. The Morgan fingerprint density at radius 2 is 0.878 bits per heavy atom. The van der Waals surface area contributed by atoms with Gasteiger partial charge in [0.15, 0.2) is 0 Å². The van der Waals surface area contributed by atoms with Crippen molar-refractivity contribution in [2.75, 3.05) is 0 Å². The third-order valence-corrected chi connectivity index (χ3v) is 7.99. The summed E-state index contributed by atoms with van der Waals surface area (Å²) < 4.78 is 0. The molecule has 0 spiro atoms. The number of aryl methyl sites for hydroxylation is 4. The maximum Gasteiger partial charge on any atom is 2.00 e. The Morgan fingerprint density at radius 1 is 0.561 bits per heavy atom. The quantitative estimate of drug-likeness (QED) is 0.0948. The van der Waals surface area contributed by atoms with E-state index in [0.717, 1.165) is 48.0 Å². The van der Waals surface area contributed by atoms with Gasteiger partial charge in [-0.05, 0) is 53.4 Å². The molecule has 1 heteroatoms. The van der Waals surface area contributed by atoms with Gasteiger partial charge in [-0.2, -0.15) is 5.57 Å². The molecule has 0 heterocycles. The van der Waals surface area contributed by atoms with Gasteiger partial charge in [-0.25, -0.2) is 6.08 Å². The van der Waals surface area contributed by atoms with E-state index >= 15 is 0 Å². The van der Waals surface area contributed by atoms with Crippen LogP contribution in [0.25, 0.3) is 5.57 Å². The Bertz CT molecular complexity index is 1380. The van der Waals surface area contributed by atoms with Crippen molar-refractivity contribution in [1.29, 1.82) is 0 Å². The normalized spacial score (nSPS) is 10.8. The third kappa shape index (κ3) is 8.07. The number of hydrogen-bond donors (Lipinski definition) is 0. The molecule has 0 saturated heterocycles. The molecule has 0 aromatic heterocycles. The second-order valence-electron chi connectivity index (χ2n) is 10.7. The van der Waals surface area contributed by atoms with E-state index in [2.05, 4.69) is 156 Å². The first kappa shape index (κ1) is 32.5. The van der Waals surface area contributed by atoms with Crippen LogP contribution in [0.3, 0.4) is 0 Å². The molecule has 4 rings (SSSR count). The second kappa shape index (κ2) is 15.3. The zero-order valence-electron chi connectivity index (χ0n) is 25.6. The summed E-state index contributed by atoms with van der Waals surface area (Å²) in [7, 11) is 0. The third-order valence-electron chi connectivity index (χ3n) is 7.99. The van der Waals surface area contributed by atoms with Gasteiger partial charge >= 0.3 is 26.2 Å². The molecule has 0 bridgehead atoms. The van der Waals surface area contributed by atoms with Gasteiger partial charge in [0.2, 0.25) is 0 Å². The van der Waals surface area contributed by atoms with E-state index in [1.807, 2.05) is 0 Å². The maximum atomic E-state index is 3.70. The van der Waals surface area contributed by atoms with Crippen molar-refractivity contribution in [2.45, 2.75) is 72.6 Å². The molecule has 41 heavy (non-hydrogen) atoms. The van der Waals surface area contributed by atoms with Crippen LogP contribution in [-0.4, -0.2) is 0 Å². The van der Waals surface area contributed by atoms with Crippen LogP contribution in [0.4, 0.5) is 0 Å². The summed E-state index contributed by atoms with van der Waals surface area (Å²) in [5.41, 5.74) is 15.2. The first-order chi connectivity index (χ1) is 19.4. The number of allylic oxidation sites excluding steroid dienone is 2. The Labute approximate surface area is 268 Å². The fraction of sp³-hybridized carbons (Fsp3) is 0.275. The predicted molar refractivity (Wildman–Crippen MR) is 171 cm³/mol. The van der Waals surface area contributed by atoms with Crippen molar-refractivity contribution in [1.82, 2.24) is 0 Å². The van der Waals surface area contributed by atoms with E-state index in [0.29, 0.717) is 0 Å². The minimum atomic E-state index is -0.437. The molecule has 0 amide bonds. The van der Waals surface area contributed by atoms with Crippen molar-refractivity contribution < 1.29 is 26.2 Å². The van der Waals surface area contributed by atoms with Crippen molar-refractivity contribution in [2.24, 2.45) is 0 Å². The summed E-state index contributed by atoms with van der Waals surface area (Å²) in [6.07, 6.45) is 11.5. The van der Waals surface area contributed by atoms with E-state index in [9.17, 15) is 0 Å². The van der Waals surface area contributed by atoms with Crippen molar-refractivity contribution in [3.05, 3.63) is 165 Å². The molecular formula is C40H42Zr. The standard InChI is InChI=1S/C40H42.Zr/c1-7-31-11-19-35(20-12-31)39(36-21-13-32(8-2)14-22-36)29-30(5)27-28-40(6,37-23-15-33(9-3)16-24-37)38-25-17-34(10-4)18-26-38;/h11-26H,7-10H2,1-6H3;/q-2;+2. The topological polar surface area (TPSA) is 0 Å². The van der Waals surface area contributed by atoms with Crippen LogP contribution in [0.2, 0.25) is 0 Å². The molecule has 0 nitrogen and oxygen atoms in total. The monoisotopic (exact) mass is 612 g/mol. The smallest absolute Gasteiger partial charge is 0.439 e. The number of hydrogen-bond acceptors (Lipinski definition) is 0. The summed E-state index contributed by atoms with van der Waals surface area (Å²) in [5.74, 6) is 0. The van der Waals surface area contributed by atoms with Gasteiger partial charge in [-0.1, -0.05) is 143 Å². The number of rotatable bonds is 10. The van der Waals surface area contributed by atoms with Gasteiger partial charge in [0.05, 0.1) is 0 Å². The Hall–Kier alpha value is -2.98. The van der Waals surface area contributed by atoms with Crippen LogP contribution in [0.1, 0.15) is 86.1 Å². The molecule has 0 saturated carbocycles. The molecule has 0 aliphatic heterocycles. The van der Waals surface area contributed by atoms with Crippen LogP contribution in [0.15, 0.2) is 108 Å². The van der Waals surface area contributed by atoms with Crippen molar-refractivity contribution in [3.63, 3.8) is 0 Å². The van der Waals surface area contributed by atoms with Crippen LogP contribution in [-0.2, 0) is 57.3 Å². The second-order valence-corrected chi connectivity index (χ2v) is 10.7. The van der Waals surface area contributed by atoms with Gasteiger partial charge in [0.25, 0.3) is 0 Å². The molecule has 0 aliphatic rings. The van der Waals surface area contributed by atoms with Gasteiger partial charge in [-0.3, -0.25) is 11.6 Å². The molecule has 0 fully saturated rings. The molecule has 0 radical (unpaired) electrons. The summed E-state index contributed by atoms with van der Waals surface area (Å²) >= 11 is 0. The zero-order valence-corrected chi connectivity index (χ0v) is 28.0. The average Bonchev–Trinajstić information content (AvgIpc) is 3.02. The number of benzene rings is 4. The molecule has 206 valence electrons. The fourth-order valence-electron chi connectivity index (χ4n) is 5.02. The maximum absolute atomic E-state index is 3.70. The van der Waals surface area contributed by atoms with Crippen molar-refractivity contribution >= 4 is 5.57 Å². The summed E-state index contributed by atoms with van der Waals surface area (Å²) in [6.45, 7) is 13.1. The minimum Gasteiger partial charge on any atom is -0.439 e. The minimum absolute atomic E-state index is 0. The van der Waals surface area contributed by atoms with Gasteiger partial charge in [0, 0.05) is 0 Å². The van der Waals surface area contributed by atoms with E-state index in [1.165, 1.54) is 33.4 Å². The van der Waals surface area contributed by atoms with Gasteiger partial charge in [-0.15, -0.1) is 18.1 Å². The van der Waals surface area contributed by atoms with E-state index in [1.54, 1.807) is 0 Å². The molecule has 0 N–H and O–H groups in total. The molecular weight excluding hydrogens is 572 g/mol. The zero-order chi connectivity index (χ0) is 28.5. The fourth-order valence-corrected chi connectivity index (χ4v) is 5.02. The van der Waals surface area contributed by atoms with Crippen LogP contribution >= 0.6 is 0 Å². The van der Waals surface area contributed by atoms with E-state index < -0.39 is 5.41 Å². The van der Waals surface area contributed by atoms with Crippen LogP contribution in [0.5, 0.6) is 0 Å². The Kier molecular flexibility index (Phi) is 12.1. The van der Waals surface area contributed by atoms with Crippen LogP contribution < -0.4 is 0 Å². The molecule has 0 aliphatic carbocycles. The predicted octanol–water partition coefficient (Wildman–Crippen LogP) is 10.1. The Balaban J connectivity index is 0.00000462. The summed E-state index contributed by atoms with van der Waals surface area (Å²) in [6, 6.07) is 35.6. The first-order valence-electron chi connectivity index (χ1n) is 14.8. The van der Waals surface area contributed by atoms with Gasteiger partial charge < -0.3 is 5.73 Å². The first-order valence-corrected chi connectivity index (χ1v) is 14.8. The summed E-state index contributed by atoms with van der Waals surface area (Å²) in [4.78, 5) is 0. The SMILES string of the molecule is CCc1ccc(C(=[C-]C(C)=C=[C-]C(C)(c2ccc(CC)cc2)c2ccc(CC)cc2)c2ccc(CC)cc2)cc1.[Zr+2]. The summed E-state index contributed by atoms with van der Waals surface area (Å²) in [5, 5.41) is 0. The molecule has 4 aromatic carbocycles. The Morgan fingerprint density at radius 3 is 1.20 bits per heavy atom. The average molecular weight is 614 g/mol.